The van der Waals surface area contributed by atoms with Gasteiger partial charge in [-0.15, -0.1) is 0 Å². The molecule has 0 radical (unpaired) electrons. The largest absolute Gasteiger partial charge is 0.481 e. The minimum absolute atomic E-state index is 0.103. The van der Waals surface area contributed by atoms with E-state index >= 15 is 0 Å². The van der Waals surface area contributed by atoms with Crippen LogP contribution in [-0.4, -0.2) is 23.8 Å². The van der Waals surface area contributed by atoms with E-state index in [2.05, 4.69) is 15.9 Å². The average molecular weight is 325 g/mol. The smallest absolute Gasteiger partial charge is 0.312 e. The van der Waals surface area contributed by atoms with Crippen molar-refractivity contribution in [1.82, 2.24) is 0 Å². The molecule has 0 aromatic heterocycles. The summed E-state index contributed by atoms with van der Waals surface area (Å²) < 4.78 is 6.78. The molecule has 0 spiro atoms. The van der Waals surface area contributed by atoms with E-state index in [1.807, 2.05) is 24.3 Å². The van der Waals surface area contributed by atoms with Crippen LogP contribution in [0.4, 0.5) is 0 Å². The fourth-order valence-corrected chi connectivity index (χ4v) is 3.38. The van der Waals surface area contributed by atoms with Crippen LogP contribution in [-0.2, 0) is 16.0 Å². The van der Waals surface area contributed by atoms with Crippen LogP contribution in [0.2, 0.25) is 0 Å². The van der Waals surface area contributed by atoms with Gasteiger partial charge in [0.2, 0.25) is 0 Å². The molecule has 0 bridgehead atoms. The normalized spacial score (nSPS) is 30.5. The second kappa shape index (κ2) is 4.91. The summed E-state index contributed by atoms with van der Waals surface area (Å²) in [7, 11) is 0. The lowest BCUT2D eigenvalue weighted by atomic mass is 9.74. The van der Waals surface area contributed by atoms with E-state index in [1.54, 1.807) is 0 Å². The number of rotatable bonds is 4. The Morgan fingerprint density at radius 3 is 2.63 bits per heavy atom. The predicted molar refractivity (Wildman–Crippen MR) is 75.0 cm³/mol. The number of halogens is 1. The summed E-state index contributed by atoms with van der Waals surface area (Å²) in [5, 5.41) is 9.74. The Hall–Kier alpha value is -0.870. The van der Waals surface area contributed by atoms with Gasteiger partial charge in [0.25, 0.3) is 0 Å². The number of benzene rings is 1. The topological polar surface area (TPSA) is 46.5 Å². The van der Waals surface area contributed by atoms with Crippen molar-refractivity contribution >= 4 is 21.9 Å². The molecule has 4 heteroatoms. The maximum atomic E-state index is 11.8. The Balaban J connectivity index is 1.87. The number of aliphatic carboxylic acids is 1. The lowest BCUT2D eigenvalue weighted by Crippen LogP contribution is -2.42. The Morgan fingerprint density at radius 2 is 2.05 bits per heavy atom. The van der Waals surface area contributed by atoms with Crippen molar-refractivity contribution in [1.29, 1.82) is 0 Å². The molecule has 19 heavy (non-hydrogen) atoms. The molecule has 1 aliphatic heterocycles. The van der Waals surface area contributed by atoms with Gasteiger partial charge in [0.05, 0.1) is 6.10 Å². The molecule has 1 aliphatic carbocycles. The van der Waals surface area contributed by atoms with E-state index in [-0.39, 0.29) is 6.10 Å². The highest BCUT2D eigenvalue weighted by Crippen LogP contribution is 2.49. The monoisotopic (exact) mass is 324 g/mol. The van der Waals surface area contributed by atoms with Gasteiger partial charge in [-0.2, -0.15) is 0 Å². The third kappa shape index (κ3) is 2.43. The van der Waals surface area contributed by atoms with Gasteiger partial charge in [0, 0.05) is 11.1 Å². The molecular formula is C15H17BrO3. The van der Waals surface area contributed by atoms with Crippen molar-refractivity contribution in [3.63, 3.8) is 0 Å². The third-order valence-corrected chi connectivity index (χ3v) is 4.83. The number of carboxylic acids is 1. The molecule has 1 aromatic carbocycles. The highest BCUT2D eigenvalue weighted by atomic mass is 79.9. The van der Waals surface area contributed by atoms with Gasteiger partial charge >= 0.3 is 5.97 Å². The van der Waals surface area contributed by atoms with Gasteiger partial charge in [0.1, 0.15) is 5.41 Å². The number of hydrogen-bond acceptors (Lipinski definition) is 2. The molecule has 2 fully saturated rings. The average Bonchev–Trinajstić information content (AvgIpc) is 3.14. The molecule has 3 nitrogen and oxygen atoms in total. The van der Waals surface area contributed by atoms with Crippen LogP contribution in [0.25, 0.3) is 0 Å². The lowest BCUT2D eigenvalue weighted by molar-refractivity contribution is -0.153. The van der Waals surface area contributed by atoms with E-state index in [1.165, 1.54) is 0 Å². The Morgan fingerprint density at radius 1 is 1.37 bits per heavy atom. The van der Waals surface area contributed by atoms with Crippen LogP contribution in [0.1, 0.15) is 24.8 Å². The zero-order chi connectivity index (χ0) is 13.5. The van der Waals surface area contributed by atoms with Crippen LogP contribution < -0.4 is 0 Å². The van der Waals surface area contributed by atoms with Gasteiger partial charge in [-0.1, -0.05) is 28.1 Å². The molecule has 1 aromatic rings. The van der Waals surface area contributed by atoms with Crippen molar-refractivity contribution in [3.05, 3.63) is 34.3 Å². The van der Waals surface area contributed by atoms with Crippen LogP contribution in [0.3, 0.4) is 0 Å². The maximum Gasteiger partial charge on any atom is 0.312 e. The number of ether oxygens (including phenoxy) is 1. The van der Waals surface area contributed by atoms with Crippen LogP contribution in [0, 0.1) is 11.3 Å². The molecule has 2 aliphatic rings. The molecular weight excluding hydrogens is 308 g/mol. The highest BCUT2D eigenvalue weighted by molar-refractivity contribution is 9.10. The molecule has 2 atom stereocenters. The standard InChI is InChI=1S/C15H17BrO3/c16-12-5-1-10(2-6-12)9-15(14(17)18)7-8-19-13(15)11-3-4-11/h1-2,5-6,11,13H,3-4,7-9H2,(H,17,18). The fourth-order valence-electron chi connectivity index (χ4n) is 3.12. The van der Waals surface area contributed by atoms with Crippen molar-refractivity contribution in [2.75, 3.05) is 6.61 Å². The summed E-state index contributed by atoms with van der Waals surface area (Å²) in [5.41, 5.74) is 0.344. The molecule has 0 amide bonds. The predicted octanol–water partition coefficient (Wildman–Crippen LogP) is 3.26. The van der Waals surface area contributed by atoms with Crippen LogP contribution >= 0.6 is 15.9 Å². The second-order valence-corrected chi connectivity index (χ2v) is 6.56. The first-order valence-corrected chi connectivity index (χ1v) is 7.50. The quantitative estimate of drug-likeness (QED) is 0.924. The molecule has 1 heterocycles. The van der Waals surface area contributed by atoms with Gasteiger partial charge in [-0.25, -0.2) is 0 Å². The van der Waals surface area contributed by atoms with E-state index in [9.17, 15) is 9.90 Å². The number of carboxylic acid groups (broad SMARTS) is 1. The van der Waals surface area contributed by atoms with E-state index in [4.69, 9.17) is 4.74 Å². The van der Waals surface area contributed by atoms with Crippen molar-refractivity contribution < 1.29 is 14.6 Å². The highest BCUT2D eigenvalue weighted by Gasteiger charge is 2.55. The van der Waals surface area contributed by atoms with Crippen molar-refractivity contribution in [3.8, 4) is 0 Å². The number of carbonyl (C=O) groups is 1. The van der Waals surface area contributed by atoms with E-state index < -0.39 is 11.4 Å². The molecule has 2 unspecified atom stereocenters. The minimum atomic E-state index is -0.727. The molecule has 1 saturated carbocycles. The first-order valence-electron chi connectivity index (χ1n) is 6.71. The zero-order valence-corrected chi connectivity index (χ0v) is 12.2. The summed E-state index contributed by atoms with van der Waals surface area (Å²) in [5.74, 6) is -0.251. The Labute approximate surface area is 121 Å². The number of hydrogen-bond donors (Lipinski definition) is 1. The van der Waals surface area contributed by atoms with Gasteiger partial charge < -0.3 is 9.84 Å². The lowest BCUT2D eigenvalue weighted by Gasteiger charge is -2.30. The first-order chi connectivity index (χ1) is 9.12. The maximum absolute atomic E-state index is 11.8. The molecule has 1 saturated heterocycles. The molecule has 102 valence electrons. The fraction of sp³-hybridized carbons (Fsp3) is 0.533. The van der Waals surface area contributed by atoms with Gasteiger partial charge in [-0.3, -0.25) is 4.79 Å². The van der Waals surface area contributed by atoms with Crippen LogP contribution in [0.15, 0.2) is 28.7 Å². The third-order valence-electron chi connectivity index (χ3n) is 4.30. The van der Waals surface area contributed by atoms with Gasteiger partial charge in [0.15, 0.2) is 0 Å². The summed E-state index contributed by atoms with van der Waals surface area (Å²) in [6, 6.07) is 7.92. The molecule has 1 N–H and O–H groups in total. The molecule has 3 rings (SSSR count). The minimum Gasteiger partial charge on any atom is -0.481 e. The summed E-state index contributed by atoms with van der Waals surface area (Å²) in [6.45, 7) is 0.573. The first kappa shape index (κ1) is 13.1. The Bertz CT molecular complexity index is 481. The SMILES string of the molecule is O=C(O)C1(Cc2ccc(Br)cc2)CCOC1C1CC1. The van der Waals surface area contributed by atoms with Crippen molar-refractivity contribution in [2.24, 2.45) is 11.3 Å². The van der Waals surface area contributed by atoms with Crippen LogP contribution in [0.5, 0.6) is 0 Å². The van der Waals surface area contributed by atoms with E-state index in [0.717, 1.165) is 22.9 Å². The second-order valence-electron chi connectivity index (χ2n) is 5.64. The zero-order valence-electron chi connectivity index (χ0n) is 10.6. The summed E-state index contributed by atoms with van der Waals surface area (Å²) >= 11 is 3.40. The summed E-state index contributed by atoms with van der Waals surface area (Å²) in [4.78, 5) is 11.8. The van der Waals surface area contributed by atoms with Crippen molar-refractivity contribution in [2.45, 2.75) is 31.8 Å². The summed E-state index contributed by atoms with van der Waals surface area (Å²) in [6.07, 6.45) is 3.31. The Kier molecular flexibility index (Phi) is 3.39. The van der Waals surface area contributed by atoms with E-state index in [0.29, 0.717) is 25.4 Å². The van der Waals surface area contributed by atoms with Gasteiger partial charge in [-0.05, 0) is 49.3 Å².